The maximum absolute atomic E-state index is 9.14. The Balaban J connectivity index is 2.09. The summed E-state index contributed by atoms with van der Waals surface area (Å²) in [6.07, 6.45) is 5.27. The zero-order chi connectivity index (χ0) is 8.27. The second-order valence-electron chi connectivity index (χ2n) is 3.25. The standard InChI is InChI=1S/C9H16O2/c1-7(8(2)10)4-3-5-9-6-11-9/h3,5,7-10H,4,6H2,1-2H3/b5-3-. The third-order valence-corrected chi connectivity index (χ3v) is 2.04. The van der Waals surface area contributed by atoms with E-state index in [1.807, 2.05) is 13.8 Å². The third kappa shape index (κ3) is 3.54. The van der Waals surface area contributed by atoms with Crippen molar-refractivity contribution in [3.05, 3.63) is 12.2 Å². The van der Waals surface area contributed by atoms with E-state index in [2.05, 4.69) is 12.2 Å². The minimum atomic E-state index is -0.209. The van der Waals surface area contributed by atoms with E-state index in [1.165, 1.54) is 0 Å². The number of rotatable bonds is 4. The Morgan fingerprint density at radius 1 is 1.64 bits per heavy atom. The van der Waals surface area contributed by atoms with Crippen molar-refractivity contribution in [2.75, 3.05) is 6.61 Å². The van der Waals surface area contributed by atoms with Gasteiger partial charge in [-0.1, -0.05) is 19.1 Å². The van der Waals surface area contributed by atoms with E-state index < -0.39 is 0 Å². The summed E-state index contributed by atoms with van der Waals surface area (Å²) in [4.78, 5) is 0. The normalized spacial score (nSPS) is 28.8. The molecular weight excluding hydrogens is 140 g/mol. The highest BCUT2D eigenvalue weighted by Gasteiger charge is 2.17. The van der Waals surface area contributed by atoms with Gasteiger partial charge in [-0.05, 0) is 19.3 Å². The lowest BCUT2D eigenvalue weighted by atomic mass is 10.0. The molecule has 2 heteroatoms. The van der Waals surface area contributed by atoms with Crippen LogP contribution in [0, 0.1) is 5.92 Å². The van der Waals surface area contributed by atoms with Gasteiger partial charge in [0.1, 0.15) is 0 Å². The average molecular weight is 156 g/mol. The molecule has 1 aliphatic heterocycles. The molecule has 0 amide bonds. The van der Waals surface area contributed by atoms with Crippen LogP contribution in [-0.2, 0) is 4.74 Å². The second-order valence-corrected chi connectivity index (χ2v) is 3.25. The number of allylic oxidation sites excluding steroid dienone is 1. The lowest BCUT2D eigenvalue weighted by Crippen LogP contribution is -2.11. The topological polar surface area (TPSA) is 32.8 Å². The van der Waals surface area contributed by atoms with Gasteiger partial charge < -0.3 is 9.84 Å². The van der Waals surface area contributed by atoms with Crippen LogP contribution in [0.3, 0.4) is 0 Å². The molecule has 0 aromatic rings. The molecule has 0 bridgehead atoms. The number of aliphatic hydroxyl groups excluding tert-OH is 1. The van der Waals surface area contributed by atoms with Crippen molar-refractivity contribution < 1.29 is 9.84 Å². The molecule has 1 N–H and O–H groups in total. The fraction of sp³-hybridized carbons (Fsp3) is 0.778. The molecule has 0 spiro atoms. The molecule has 3 unspecified atom stereocenters. The first-order valence-corrected chi connectivity index (χ1v) is 4.16. The van der Waals surface area contributed by atoms with Gasteiger partial charge in [0, 0.05) is 0 Å². The molecule has 0 aromatic heterocycles. The largest absolute Gasteiger partial charge is 0.393 e. The lowest BCUT2D eigenvalue weighted by molar-refractivity contribution is 0.136. The monoisotopic (exact) mass is 156 g/mol. The quantitative estimate of drug-likeness (QED) is 0.492. The van der Waals surface area contributed by atoms with Gasteiger partial charge in [-0.15, -0.1) is 0 Å². The second kappa shape index (κ2) is 3.88. The maximum Gasteiger partial charge on any atom is 0.0991 e. The zero-order valence-electron chi connectivity index (χ0n) is 7.16. The molecular formula is C9H16O2. The molecule has 64 valence electrons. The van der Waals surface area contributed by atoms with Gasteiger partial charge >= 0.3 is 0 Å². The van der Waals surface area contributed by atoms with Crippen LogP contribution in [0.25, 0.3) is 0 Å². The molecule has 1 heterocycles. The van der Waals surface area contributed by atoms with Gasteiger partial charge in [0.2, 0.25) is 0 Å². The molecule has 0 aliphatic carbocycles. The van der Waals surface area contributed by atoms with Crippen LogP contribution in [0.1, 0.15) is 20.3 Å². The van der Waals surface area contributed by atoms with Gasteiger partial charge in [0.15, 0.2) is 0 Å². The Morgan fingerprint density at radius 2 is 2.27 bits per heavy atom. The van der Waals surface area contributed by atoms with E-state index >= 15 is 0 Å². The van der Waals surface area contributed by atoms with E-state index in [0.717, 1.165) is 13.0 Å². The van der Waals surface area contributed by atoms with Crippen molar-refractivity contribution in [2.45, 2.75) is 32.5 Å². The summed E-state index contributed by atoms with van der Waals surface area (Å²) in [6, 6.07) is 0. The van der Waals surface area contributed by atoms with Crippen molar-refractivity contribution in [3.8, 4) is 0 Å². The first-order chi connectivity index (χ1) is 5.20. The summed E-state index contributed by atoms with van der Waals surface area (Å²) >= 11 is 0. The average Bonchev–Trinajstić information content (AvgIpc) is 2.71. The highest BCUT2D eigenvalue weighted by Crippen LogP contribution is 2.13. The van der Waals surface area contributed by atoms with Crippen LogP contribution in [0.15, 0.2) is 12.2 Å². The first kappa shape index (κ1) is 8.75. The van der Waals surface area contributed by atoms with Crippen LogP contribution in [0.4, 0.5) is 0 Å². The van der Waals surface area contributed by atoms with Crippen molar-refractivity contribution in [3.63, 3.8) is 0 Å². The van der Waals surface area contributed by atoms with Crippen LogP contribution in [0.2, 0.25) is 0 Å². The summed E-state index contributed by atoms with van der Waals surface area (Å²) in [5.41, 5.74) is 0. The number of ether oxygens (including phenoxy) is 1. The van der Waals surface area contributed by atoms with E-state index in [4.69, 9.17) is 9.84 Å². The van der Waals surface area contributed by atoms with E-state index in [1.54, 1.807) is 0 Å². The van der Waals surface area contributed by atoms with Crippen molar-refractivity contribution in [1.82, 2.24) is 0 Å². The SMILES string of the molecule is CC(O)C(C)C/C=C\C1CO1. The van der Waals surface area contributed by atoms with E-state index in [9.17, 15) is 0 Å². The summed E-state index contributed by atoms with van der Waals surface area (Å²) in [5.74, 6) is 0.352. The summed E-state index contributed by atoms with van der Waals surface area (Å²) in [7, 11) is 0. The third-order valence-electron chi connectivity index (χ3n) is 2.04. The molecule has 3 atom stereocenters. The van der Waals surface area contributed by atoms with Crippen LogP contribution < -0.4 is 0 Å². The molecule has 2 nitrogen and oxygen atoms in total. The van der Waals surface area contributed by atoms with Crippen LogP contribution in [0.5, 0.6) is 0 Å². The first-order valence-electron chi connectivity index (χ1n) is 4.16. The van der Waals surface area contributed by atoms with Crippen LogP contribution >= 0.6 is 0 Å². The van der Waals surface area contributed by atoms with E-state index in [0.29, 0.717) is 12.0 Å². The fourth-order valence-electron chi connectivity index (χ4n) is 0.809. The summed E-state index contributed by atoms with van der Waals surface area (Å²) < 4.78 is 5.00. The predicted octanol–water partition coefficient (Wildman–Crippen LogP) is 1.35. The molecule has 0 radical (unpaired) electrons. The number of aliphatic hydroxyl groups is 1. The maximum atomic E-state index is 9.14. The highest BCUT2D eigenvalue weighted by molar-refractivity contribution is 4.96. The molecule has 11 heavy (non-hydrogen) atoms. The van der Waals surface area contributed by atoms with Crippen molar-refractivity contribution in [2.24, 2.45) is 5.92 Å². The highest BCUT2D eigenvalue weighted by atomic mass is 16.6. The Morgan fingerprint density at radius 3 is 2.73 bits per heavy atom. The number of hydrogen-bond donors (Lipinski definition) is 1. The zero-order valence-corrected chi connectivity index (χ0v) is 7.16. The lowest BCUT2D eigenvalue weighted by Gasteiger charge is -2.10. The Kier molecular flexibility index (Phi) is 3.09. The molecule has 0 saturated carbocycles. The minimum Gasteiger partial charge on any atom is -0.393 e. The van der Waals surface area contributed by atoms with Gasteiger partial charge in [-0.25, -0.2) is 0 Å². The Hall–Kier alpha value is -0.340. The van der Waals surface area contributed by atoms with Gasteiger partial charge in [0.05, 0.1) is 18.8 Å². The molecule has 1 saturated heterocycles. The van der Waals surface area contributed by atoms with Crippen molar-refractivity contribution in [1.29, 1.82) is 0 Å². The molecule has 1 aliphatic rings. The van der Waals surface area contributed by atoms with Gasteiger partial charge in [-0.2, -0.15) is 0 Å². The van der Waals surface area contributed by atoms with Crippen LogP contribution in [-0.4, -0.2) is 23.9 Å². The molecule has 0 aromatic carbocycles. The Bertz CT molecular complexity index is 136. The number of hydrogen-bond acceptors (Lipinski definition) is 2. The number of epoxide rings is 1. The molecule has 1 rings (SSSR count). The Labute approximate surface area is 67.9 Å². The summed E-state index contributed by atoms with van der Waals surface area (Å²) in [6.45, 7) is 4.74. The fourth-order valence-corrected chi connectivity index (χ4v) is 0.809. The minimum absolute atomic E-state index is 0.209. The van der Waals surface area contributed by atoms with E-state index in [-0.39, 0.29) is 6.10 Å². The summed E-state index contributed by atoms with van der Waals surface area (Å²) in [5, 5.41) is 9.14. The van der Waals surface area contributed by atoms with Gasteiger partial charge in [-0.3, -0.25) is 0 Å². The molecule has 1 fully saturated rings. The van der Waals surface area contributed by atoms with Crippen molar-refractivity contribution >= 4 is 0 Å². The predicted molar refractivity (Wildman–Crippen MR) is 44.3 cm³/mol. The van der Waals surface area contributed by atoms with Gasteiger partial charge in [0.25, 0.3) is 0 Å². The smallest absolute Gasteiger partial charge is 0.0991 e.